The van der Waals surface area contributed by atoms with Crippen LogP contribution >= 0.6 is 0 Å². The van der Waals surface area contributed by atoms with Crippen LogP contribution in [0.25, 0.3) is 0 Å². The van der Waals surface area contributed by atoms with E-state index in [0.29, 0.717) is 5.56 Å². The van der Waals surface area contributed by atoms with E-state index in [1.807, 2.05) is 0 Å². The normalized spacial score (nSPS) is 9.00. The molecule has 1 aromatic rings. The Morgan fingerprint density at radius 2 is 2.23 bits per heavy atom. The second-order valence-electron chi connectivity index (χ2n) is 2.41. The molecule has 0 bridgehead atoms. The van der Waals surface area contributed by atoms with E-state index >= 15 is 0 Å². The zero-order valence-electron chi connectivity index (χ0n) is 7.78. The summed E-state index contributed by atoms with van der Waals surface area (Å²) in [5.41, 5.74) is 0.469. The van der Waals surface area contributed by atoms with Gasteiger partial charge in [0.05, 0.1) is 0 Å². The predicted octanol–water partition coefficient (Wildman–Crippen LogP) is 0.841. The summed E-state index contributed by atoms with van der Waals surface area (Å²) in [7, 11) is 1.46. The summed E-state index contributed by atoms with van der Waals surface area (Å²) >= 11 is 0. The molecule has 0 saturated heterocycles. The van der Waals surface area contributed by atoms with Crippen LogP contribution in [0, 0.1) is 0 Å². The maximum Gasteiger partial charge on any atom is 0.188 e. The van der Waals surface area contributed by atoms with Crippen molar-refractivity contribution in [2.75, 3.05) is 13.7 Å². The average Bonchev–Trinajstić information content (AvgIpc) is 2.05. The predicted molar refractivity (Wildman–Crippen MR) is 50.1 cm³/mol. The fourth-order valence-electron chi connectivity index (χ4n) is 0.894. The molecule has 3 nitrogen and oxygen atoms in total. The van der Waals surface area contributed by atoms with E-state index in [9.17, 15) is 4.79 Å². The molecule has 1 rings (SSSR count). The second-order valence-corrected chi connectivity index (χ2v) is 2.41. The summed E-state index contributed by atoms with van der Waals surface area (Å²) in [6.45, 7) is 0.0451. The van der Waals surface area contributed by atoms with Crippen molar-refractivity contribution >= 4 is 57.2 Å². The van der Waals surface area contributed by atoms with Gasteiger partial charge in [-0.15, -0.1) is 0 Å². The smallest absolute Gasteiger partial charge is 0.188 e. The van der Waals surface area contributed by atoms with Gasteiger partial charge in [0.15, 0.2) is 5.78 Å². The Morgan fingerprint density at radius 1 is 1.54 bits per heavy atom. The molecule has 0 aliphatic rings. The van der Waals surface area contributed by atoms with Crippen LogP contribution in [0.4, 0.5) is 0 Å². The van der Waals surface area contributed by atoms with Crippen LogP contribution in [0.15, 0.2) is 24.3 Å². The van der Waals surface area contributed by atoms with Crippen LogP contribution < -0.4 is 0 Å². The quantitative estimate of drug-likeness (QED) is 0.587. The minimum absolute atomic E-state index is 0. The summed E-state index contributed by atoms with van der Waals surface area (Å²) in [5, 5.41) is 9.04. The van der Waals surface area contributed by atoms with Crippen molar-refractivity contribution in [3.8, 4) is 5.75 Å². The first-order valence-electron chi connectivity index (χ1n) is 3.55. The van der Waals surface area contributed by atoms with Crippen LogP contribution in [-0.4, -0.2) is 76.0 Å². The molecule has 0 unspecified atom stereocenters. The van der Waals surface area contributed by atoms with Gasteiger partial charge in [-0.25, -0.2) is 0 Å². The van der Waals surface area contributed by atoms with Gasteiger partial charge < -0.3 is 9.84 Å². The van der Waals surface area contributed by atoms with E-state index in [-0.39, 0.29) is 69.5 Å². The first kappa shape index (κ1) is 13.3. The number of Topliss-reactive ketones (excluding diaryl/α,β-unsaturated/α-hetero) is 1. The Bertz CT molecular complexity index is 286. The first-order valence-corrected chi connectivity index (χ1v) is 3.55. The van der Waals surface area contributed by atoms with Gasteiger partial charge >= 0.3 is 0 Å². The average molecular weight is 205 g/mol. The van der Waals surface area contributed by atoms with Crippen LogP contribution in [0.5, 0.6) is 5.75 Å². The topological polar surface area (TPSA) is 46.5 Å². The van der Waals surface area contributed by atoms with Gasteiger partial charge in [0.2, 0.25) is 0 Å². The summed E-state index contributed by atoms with van der Waals surface area (Å²) < 4.78 is 4.67. The molecule has 0 aliphatic heterocycles. The molecule has 0 aromatic heterocycles. The van der Waals surface area contributed by atoms with Gasteiger partial charge in [0.25, 0.3) is 0 Å². The summed E-state index contributed by atoms with van der Waals surface area (Å²) in [6, 6.07) is 6.20. The van der Waals surface area contributed by atoms with Crippen molar-refractivity contribution in [3.63, 3.8) is 0 Å². The van der Waals surface area contributed by atoms with Gasteiger partial charge in [-0.3, -0.25) is 4.79 Å². The van der Waals surface area contributed by atoms with Crippen molar-refractivity contribution in [1.82, 2.24) is 0 Å². The van der Waals surface area contributed by atoms with Crippen LogP contribution in [0.3, 0.4) is 0 Å². The van der Waals surface area contributed by atoms with Gasteiger partial charge in [-0.05, 0) is 12.1 Å². The molecule has 1 N–H and O–H groups in total. The zero-order valence-corrected chi connectivity index (χ0v) is 10.9. The van der Waals surface area contributed by atoms with E-state index in [4.69, 9.17) is 5.11 Å². The number of aromatic hydroxyl groups is 1. The van der Waals surface area contributed by atoms with E-state index in [1.165, 1.54) is 19.2 Å². The maximum atomic E-state index is 11.2. The number of carbonyl (C=O) groups excluding carboxylic acids is 1. The molecule has 13 heavy (non-hydrogen) atoms. The third-order valence-corrected chi connectivity index (χ3v) is 1.44. The van der Waals surface area contributed by atoms with Gasteiger partial charge in [0, 0.05) is 64.1 Å². The number of methoxy groups -OCH3 is 1. The molecule has 0 amide bonds. The van der Waals surface area contributed by atoms with Crippen molar-refractivity contribution in [2.45, 2.75) is 0 Å². The van der Waals surface area contributed by atoms with E-state index < -0.39 is 0 Å². The Morgan fingerprint density at radius 3 is 2.77 bits per heavy atom. The molecule has 0 saturated carbocycles. The fraction of sp³-hybridized carbons (Fsp3) is 0.222. The minimum atomic E-state index is -0.131. The van der Waals surface area contributed by atoms with Crippen molar-refractivity contribution < 1.29 is 14.6 Å². The number of phenolic OH excluding ortho intramolecular Hbond substituents is 1. The van der Waals surface area contributed by atoms with E-state index in [1.54, 1.807) is 12.1 Å². The maximum absolute atomic E-state index is 11.2. The minimum Gasteiger partial charge on any atom is -0.508 e. The van der Waals surface area contributed by atoms with Crippen LogP contribution in [0.2, 0.25) is 0 Å². The number of hydrogen-bond donors (Lipinski definition) is 1. The summed E-state index contributed by atoms with van der Waals surface area (Å²) in [6.07, 6.45) is 0. The molecule has 0 spiro atoms. The Labute approximate surface area is 120 Å². The number of benzene rings is 1. The van der Waals surface area contributed by atoms with Gasteiger partial charge in [-0.1, -0.05) is 12.1 Å². The summed E-state index contributed by atoms with van der Waals surface area (Å²) in [4.78, 5) is 11.2. The largest absolute Gasteiger partial charge is 0.508 e. The molecule has 0 fully saturated rings. The Hall–Kier alpha value is 0.286. The van der Waals surface area contributed by atoms with Crippen molar-refractivity contribution in [2.24, 2.45) is 0 Å². The zero-order chi connectivity index (χ0) is 8.97. The Kier molecular flexibility index (Phi) is 6.85. The number of ketones is 1. The molecule has 0 aliphatic carbocycles. The summed E-state index contributed by atoms with van der Waals surface area (Å²) in [5.74, 6) is -0.0367. The SMILES string of the molecule is COCC(=O)c1cccc(O)c1.[K]. The molecule has 4 heteroatoms. The third-order valence-electron chi connectivity index (χ3n) is 1.44. The van der Waals surface area contributed by atoms with Gasteiger partial charge in [-0.2, -0.15) is 0 Å². The van der Waals surface area contributed by atoms with Crippen LogP contribution in [-0.2, 0) is 4.74 Å². The number of ether oxygens (including phenoxy) is 1. The number of phenols is 1. The molecule has 0 atom stereocenters. The van der Waals surface area contributed by atoms with E-state index in [2.05, 4.69) is 4.74 Å². The molecule has 1 radical (unpaired) electrons. The van der Waals surface area contributed by atoms with E-state index in [0.717, 1.165) is 0 Å². The molecule has 1 aromatic carbocycles. The second kappa shape index (κ2) is 6.70. The standard InChI is InChI=1S/C9H10O3.K/c1-12-6-9(11)7-3-2-4-8(10)5-7;/h2-5,10H,6H2,1H3;. The van der Waals surface area contributed by atoms with Crippen molar-refractivity contribution in [3.05, 3.63) is 29.8 Å². The number of carbonyl (C=O) groups is 1. The van der Waals surface area contributed by atoms with Gasteiger partial charge in [0.1, 0.15) is 12.4 Å². The third kappa shape index (κ3) is 4.35. The van der Waals surface area contributed by atoms with Crippen LogP contribution in [0.1, 0.15) is 10.4 Å². The van der Waals surface area contributed by atoms with Crippen molar-refractivity contribution in [1.29, 1.82) is 0 Å². The number of hydrogen-bond acceptors (Lipinski definition) is 3. The molecule has 0 heterocycles. The fourth-order valence-corrected chi connectivity index (χ4v) is 0.894. The first-order chi connectivity index (χ1) is 5.74. The molecular formula is C9H10KO3. The Balaban J connectivity index is 0.00000144. The number of rotatable bonds is 3. The monoisotopic (exact) mass is 205 g/mol. The molecular weight excluding hydrogens is 195 g/mol. The molecule has 65 valence electrons.